The quantitative estimate of drug-likeness (QED) is 0.648. The predicted octanol–water partition coefficient (Wildman–Crippen LogP) is 1.42. The van der Waals surface area contributed by atoms with Crippen LogP contribution in [0.5, 0.6) is 0 Å². The fourth-order valence-electron chi connectivity index (χ4n) is 5.12. The molecule has 3 N–H and O–H groups in total. The molecule has 3 fully saturated rings. The zero-order valence-corrected chi connectivity index (χ0v) is 16.2. The lowest BCUT2D eigenvalue weighted by atomic mass is 9.80. The summed E-state index contributed by atoms with van der Waals surface area (Å²) in [4.78, 5) is 40.0. The normalized spacial score (nSPS) is 32.9. The van der Waals surface area contributed by atoms with Gasteiger partial charge in [0.2, 0.25) is 11.8 Å². The summed E-state index contributed by atoms with van der Waals surface area (Å²) < 4.78 is 0. The van der Waals surface area contributed by atoms with Crippen molar-refractivity contribution in [2.75, 3.05) is 6.61 Å². The lowest BCUT2D eigenvalue weighted by molar-refractivity contribution is -0.154. The molecule has 7 nitrogen and oxygen atoms in total. The van der Waals surface area contributed by atoms with E-state index in [2.05, 4.69) is 5.32 Å². The molecular formula is C22H26N2O5. The summed E-state index contributed by atoms with van der Waals surface area (Å²) in [5.41, 5.74) is -0.949. The summed E-state index contributed by atoms with van der Waals surface area (Å²) in [6, 6.07) is 8.64. The second-order valence-electron chi connectivity index (χ2n) is 8.22. The maximum Gasteiger partial charge on any atom is 0.327 e. The van der Waals surface area contributed by atoms with Crippen LogP contribution in [0.15, 0.2) is 36.4 Å². The van der Waals surface area contributed by atoms with Gasteiger partial charge in [-0.15, -0.1) is 0 Å². The summed E-state index contributed by atoms with van der Waals surface area (Å²) in [6.45, 7) is -0.753. The van der Waals surface area contributed by atoms with Gasteiger partial charge in [-0.2, -0.15) is 0 Å². The van der Waals surface area contributed by atoms with E-state index in [1.807, 2.05) is 36.4 Å². The number of benzene rings is 1. The van der Waals surface area contributed by atoms with E-state index in [0.29, 0.717) is 0 Å². The van der Waals surface area contributed by atoms with E-state index in [1.54, 1.807) is 6.08 Å². The lowest BCUT2D eigenvalue weighted by Crippen LogP contribution is -2.59. The summed E-state index contributed by atoms with van der Waals surface area (Å²) >= 11 is 0. The zero-order valence-electron chi connectivity index (χ0n) is 16.2. The highest BCUT2D eigenvalue weighted by atomic mass is 16.4. The van der Waals surface area contributed by atoms with Crippen LogP contribution in [0.4, 0.5) is 0 Å². The van der Waals surface area contributed by atoms with Crippen molar-refractivity contribution in [3.8, 4) is 0 Å². The van der Waals surface area contributed by atoms with E-state index in [-0.39, 0.29) is 11.9 Å². The van der Waals surface area contributed by atoms with Gasteiger partial charge < -0.3 is 10.2 Å². The molecule has 0 bridgehead atoms. The summed E-state index contributed by atoms with van der Waals surface area (Å²) in [5, 5.41) is 22.8. The second kappa shape index (κ2) is 7.72. The molecule has 4 unspecified atom stereocenters. The van der Waals surface area contributed by atoms with Gasteiger partial charge in [0.05, 0.1) is 18.4 Å². The molecule has 2 amide bonds. The standard InChI is InChI=1S/C22H26N2O5/c25-13-22(21(28)29)18-17(16(23-22)12-11-14-7-3-1-4-8-14)19(26)24(20(18)27)15-9-5-2-6-10-15/h1,3-4,7-8,11-12,15-18,23,25H,2,5-6,9-10,13H2,(H,28,29)/b12-11+. The van der Waals surface area contributed by atoms with Gasteiger partial charge in [-0.1, -0.05) is 61.7 Å². The van der Waals surface area contributed by atoms with E-state index in [9.17, 15) is 24.6 Å². The maximum absolute atomic E-state index is 13.3. The van der Waals surface area contributed by atoms with Crippen LogP contribution in [0.2, 0.25) is 0 Å². The van der Waals surface area contributed by atoms with Crippen molar-refractivity contribution >= 4 is 23.9 Å². The number of carboxylic acids is 1. The minimum atomic E-state index is -1.85. The van der Waals surface area contributed by atoms with Gasteiger partial charge in [0.1, 0.15) is 0 Å². The third-order valence-corrected chi connectivity index (χ3v) is 6.59. The summed E-state index contributed by atoms with van der Waals surface area (Å²) in [5.74, 6) is -4.03. The number of carboxylic acid groups (broad SMARTS) is 1. The highest BCUT2D eigenvalue weighted by Gasteiger charge is 2.68. The number of aliphatic hydroxyl groups excluding tert-OH is 1. The van der Waals surface area contributed by atoms with E-state index in [4.69, 9.17) is 0 Å². The highest BCUT2D eigenvalue weighted by molar-refractivity contribution is 6.10. The number of carbonyl (C=O) groups excluding carboxylic acids is 2. The topological polar surface area (TPSA) is 107 Å². The molecule has 2 saturated heterocycles. The van der Waals surface area contributed by atoms with Gasteiger partial charge in [0.25, 0.3) is 0 Å². The number of aliphatic hydroxyl groups is 1. The smallest absolute Gasteiger partial charge is 0.327 e. The number of fused-ring (bicyclic) bond motifs is 1. The van der Waals surface area contributed by atoms with E-state index in [1.165, 1.54) is 4.90 Å². The fourth-order valence-corrected chi connectivity index (χ4v) is 5.12. The van der Waals surface area contributed by atoms with Crippen molar-refractivity contribution in [1.29, 1.82) is 0 Å². The first-order valence-corrected chi connectivity index (χ1v) is 10.2. The number of hydrogen-bond acceptors (Lipinski definition) is 5. The Bertz CT molecular complexity index is 833. The molecule has 1 aromatic carbocycles. The largest absolute Gasteiger partial charge is 0.480 e. The summed E-state index contributed by atoms with van der Waals surface area (Å²) in [6.07, 6.45) is 8.06. The van der Waals surface area contributed by atoms with Gasteiger partial charge in [-0.25, -0.2) is 0 Å². The van der Waals surface area contributed by atoms with Crippen molar-refractivity contribution in [2.45, 2.75) is 49.7 Å². The van der Waals surface area contributed by atoms with Crippen molar-refractivity contribution < 1.29 is 24.6 Å². The Labute approximate surface area is 169 Å². The van der Waals surface area contributed by atoms with Crippen molar-refractivity contribution in [3.05, 3.63) is 42.0 Å². The Morgan fingerprint density at radius 3 is 2.45 bits per heavy atom. The number of likely N-dealkylation sites (tertiary alicyclic amines) is 1. The Morgan fingerprint density at radius 2 is 1.83 bits per heavy atom. The molecule has 1 aliphatic carbocycles. The summed E-state index contributed by atoms with van der Waals surface area (Å²) in [7, 11) is 0. The predicted molar refractivity (Wildman–Crippen MR) is 106 cm³/mol. The Hall–Kier alpha value is -2.51. The Morgan fingerprint density at radius 1 is 1.14 bits per heavy atom. The minimum Gasteiger partial charge on any atom is -0.480 e. The first kappa shape index (κ1) is 19.8. The molecule has 2 heterocycles. The number of carbonyl (C=O) groups is 3. The van der Waals surface area contributed by atoms with Crippen LogP contribution in [0, 0.1) is 11.8 Å². The molecule has 1 saturated carbocycles. The molecule has 29 heavy (non-hydrogen) atoms. The fraction of sp³-hybridized carbons (Fsp3) is 0.500. The highest BCUT2D eigenvalue weighted by Crippen LogP contribution is 2.45. The number of nitrogens with zero attached hydrogens (tertiary/aromatic N) is 1. The van der Waals surface area contributed by atoms with Crippen LogP contribution in [0.3, 0.4) is 0 Å². The molecule has 7 heteroatoms. The van der Waals surface area contributed by atoms with Gasteiger partial charge in [0.15, 0.2) is 5.54 Å². The van der Waals surface area contributed by atoms with Gasteiger partial charge >= 0.3 is 5.97 Å². The average molecular weight is 398 g/mol. The Balaban J connectivity index is 1.70. The van der Waals surface area contributed by atoms with E-state index < -0.39 is 41.9 Å². The number of amides is 2. The van der Waals surface area contributed by atoms with Crippen LogP contribution >= 0.6 is 0 Å². The molecule has 0 spiro atoms. The second-order valence-corrected chi connectivity index (χ2v) is 8.22. The molecule has 0 radical (unpaired) electrons. The monoisotopic (exact) mass is 398 g/mol. The Kier molecular flexibility index (Phi) is 5.27. The molecule has 2 aliphatic heterocycles. The van der Waals surface area contributed by atoms with Gasteiger partial charge in [-0.3, -0.25) is 24.6 Å². The van der Waals surface area contributed by atoms with E-state index >= 15 is 0 Å². The zero-order chi connectivity index (χ0) is 20.6. The van der Waals surface area contributed by atoms with Crippen LogP contribution < -0.4 is 5.32 Å². The van der Waals surface area contributed by atoms with Crippen LogP contribution in [0.1, 0.15) is 37.7 Å². The number of nitrogens with one attached hydrogen (secondary N) is 1. The van der Waals surface area contributed by atoms with Crippen LogP contribution in [-0.4, -0.2) is 57.1 Å². The number of rotatable bonds is 5. The molecule has 1 aromatic rings. The molecule has 4 rings (SSSR count). The molecule has 0 aromatic heterocycles. The van der Waals surface area contributed by atoms with Crippen LogP contribution in [-0.2, 0) is 14.4 Å². The molecular weight excluding hydrogens is 372 g/mol. The molecule has 154 valence electrons. The number of imide groups is 1. The van der Waals surface area contributed by atoms with Crippen molar-refractivity contribution in [1.82, 2.24) is 10.2 Å². The molecule has 3 aliphatic rings. The van der Waals surface area contributed by atoms with E-state index in [0.717, 1.165) is 37.7 Å². The SMILES string of the molecule is O=C1C2C(/C=C/c3ccccc3)NC(CO)(C(=O)O)C2C(=O)N1C1CCCCC1. The third-order valence-electron chi connectivity index (χ3n) is 6.59. The average Bonchev–Trinajstić information content (AvgIpc) is 3.22. The van der Waals surface area contributed by atoms with Crippen molar-refractivity contribution in [2.24, 2.45) is 11.8 Å². The van der Waals surface area contributed by atoms with Crippen LogP contribution in [0.25, 0.3) is 6.08 Å². The van der Waals surface area contributed by atoms with Gasteiger partial charge in [0, 0.05) is 12.1 Å². The number of aliphatic carboxylic acids is 1. The maximum atomic E-state index is 13.3. The first-order chi connectivity index (χ1) is 14.0. The number of hydrogen-bond donors (Lipinski definition) is 3. The van der Waals surface area contributed by atoms with Crippen molar-refractivity contribution in [3.63, 3.8) is 0 Å². The minimum absolute atomic E-state index is 0.168. The lowest BCUT2D eigenvalue weighted by Gasteiger charge is -2.33. The van der Waals surface area contributed by atoms with Gasteiger partial charge in [-0.05, 0) is 18.4 Å². The molecule has 4 atom stereocenters. The third kappa shape index (κ3) is 3.18. The first-order valence-electron chi connectivity index (χ1n) is 10.2.